The van der Waals surface area contributed by atoms with Crippen molar-refractivity contribution >= 4 is 27.5 Å². The molecule has 0 radical (unpaired) electrons. The molecule has 1 aromatic carbocycles. The molecule has 18 heavy (non-hydrogen) atoms. The van der Waals surface area contributed by atoms with Crippen molar-refractivity contribution in [1.29, 1.82) is 0 Å². The van der Waals surface area contributed by atoms with Crippen LogP contribution in [0.15, 0.2) is 18.2 Å². The van der Waals surface area contributed by atoms with Gasteiger partial charge in [0, 0.05) is 11.6 Å². The molecule has 0 spiro atoms. The average molecular weight is 289 g/mol. The van der Waals surface area contributed by atoms with Crippen LogP contribution >= 0.6 is 11.6 Å². The zero-order valence-electron chi connectivity index (χ0n) is 9.70. The summed E-state index contributed by atoms with van der Waals surface area (Å²) in [5.74, 6) is 5.07. The maximum absolute atomic E-state index is 11.6. The summed E-state index contributed by atoms with van der Waals surface area (Å²) in [7, 11) is -3.62. The number of hydrogen-bond donors (Lipinski definition) is 3. The third-order valence-electron chi connectivity index (χ3n) is 1.86. The Morgan fingerprint density at radius 2 is 2.17 bits per heavy atom. The van der Waals surface area contributed by atoms with Gasteiger partial charge in [-0.2, -0.15) is 13.1 Å². The monoisotopic (exact) mass is 288 g/mol. The number of anilines is 1. The van der Waals surface area contributed by atoms with Crippen molar-refractivity contribution in [3.63, 3.8) is 0 Å². The Bertz CT molecular complexity index is 576. The van der Waals surface area contributed by atoms with Gasteiger partial charge in [-0.25, -0.2) is 0 Å². The molecular formula is C11H13ClN2O3S. The SMILES string of the molecule is CCNS(=O)(=O)Nc1ccc(Cl)cc1C#CCO. The van der Waals surface area contributed by atoms with E-state index in [2.05, 4.69) is 21.3 Å². The second kappa shape index (κ2) is 6.61. The maximum Gasteiger partial charge on any atom is 0.299 e. The molecule has 0 aromatic heterocycles. The summed E-state index contributed by atoms with van der Waals surface area (Å²) in [5.41, 5.74) is 0.708. The van der Waals surface area contributed by atoms with Gasteiger partial charge in [0.25, 0.3) is 10.2 Å². The molecular weight excluding hydrogens is 276 g/mol. The van der Waals surface area contributed by atoms with Gasteiger partial charge in [0.2, 0.25) is 0 Å². The minimum absolute atomic E-state index is 0.278. The lowest BCUT2D eigenvalue weighted by molar-refractivity contribution is 0.350. The van der Waals surface area contributed by atoms with E-state index in [-0.39, 0.29) is 13.2 Å². The van der Waals surface area contributed by atoms with Crippen LogP contribution in [0.2, 0.25) is 5.02 Å². The molecule has 5 nitrogen and oxygen atoms in total. The van der Waals surface area contributed by atoms with Gasteiger partial charge in [0.1, 0.15) is 6.61 Å². The third-order valence-corrected chi connectivity index (χ3v) is 3.25. The van der Waals surface area contributed by atoms with E-state index in [0.717, 1.165) is 0 Å². The van der Waals surface area contributed by atoms with E-state index >= 15 is 0 Å². The molecule has 3 N–H and O–H groups in total. The minimum atomic E-state index is -3.62. The molecule has 0 saturated carbocycles. The molecule has 0 unspecified atom stereocenters. The molecule has 1 aromatic rings. The van der Waals surface area contributed by atoms with E-state index in [0.29, 0.717) is 16.3 Å². The summed E-state index contributed by atoms with van der Waals surface area (Å²) in [6, 6.07) is 4.59. The number of halogens is 1. The fourth-order valence-corrected chi connectivity index (χ4v) is 2.31. The van der Waals surface area contributed by atoms with Crippen LogP contribution in [0.25, 0.3) is 0 Å². The molecule has 1 rings (SSSR count). The third kappa shape index (κ3) is 4.55. The van der Waals surface area contributed by atoms with Gasteiger partial charge < -0.3 is 5.11 Å². The van der Waals surface area contributed by atoms with Crippen molar-refractivity contribution in [2.24, 2.45) is 0 Å². The molecule has 0 saturated heterocycles. The molecule has 0 heterocycles. The summed E-state index contributed by atoms with van der Waals surface area (Å²) in [4.78, 5) is 0. The van der Waals surface area contributed by atoms with Gasteiger partial charge in [-0.3, -0.25) is 4.72 Å². The lowest BCUT2D eigenvalue weighted by atomic mass is 10.2. The summed E-state index contributed by atoms with van der Waals surface area (Å²) >= 11 is 5.81. The van der Waals surface area contributed by atoms with Crippen LogP contribution in [0.5, 0.6) is 0 Å². The van der Waals surface area contributed by atoms with Gasteiger partial charge in [0.15, 0.2) is 0 Å². The summed E-state index contributed by atoms with van der Waals surface area (Å²) in [6.07, 6.45) is 0. The fourth-order valence-electron chi connectivity index (χ4n) is 1.21. The van der Waals surface area contributed by atoms with E-state index < -0.39 is 10.2 Å². The highest BCUT2D eigenvalue weighted by atomic mass is 35.5. The lowest BCUT2D eigenvalue weighted by Crippen LogP contribution is -2.30. The van der Waals surface area contributed by atoms with E-state index in [1.807, 2.05) is 0 Å². The Hall–Kier alpha value is -1.26. The molecule has 0 amide bonds. The van der Waals surface area contributed by atoms with Crippen LogP contribution in [0, 0.1) is 11.8 Å². The summed E-state index contributed by atoms with van der Waals surface area (Å²) < 4.78 is 27.8. The molecule has 0 aliphatic heterocycles. The Kier molecular flexibility index (Phi) is 5.44. The van der Waals surface area contributed by atoms with Crippen molar-refractivity contribution in [3.05, 3.63) is 28.8 Å². The first kappa shape index (κ1) is 14.8. The first-order valence-electron chi connectivity index (χ1n) is 5.15. The minimum Gasteiger partial charge on any atom is -0.384 e. The van der Waals surface area contributed by atoms with E-state index in [1.54, 1.807) is 13.0 Å². The Labute approximate surface area is 111 Å². The molecule has 0 aliphatic carbocycles. The number of benzene rings is 1. The molecule has 0 aliphatic rings. The molecule has 0 atom stereocenters. The van der Waals surface area contributed by atoms with Crippen molar-refractivity contribution in [2.45, 2.75) is 6.92 Å². The first-order valence-corrected chi connectivity index (χ1v) is 7.01. The summed E-state index contributed by atoms with van der Waals surface area (Å²) in [6.45, 7) is 1.64. The number of aliphatic hydroxyl groups excluding tert-OH is 1. The topological polar surface area (TPSA) is 78.4 Å². The van der Waals surface area contributed by atoms with Gasteiger partial charge >= 0.3 is 0 Å². The first-order chi connectivity index (χ1) is 8.48. The van der Waals surface area contributed by atoms with Crippen LogP contribution in [-0.4, -0.2) is 26.7 Å². The number of nitrogens with one attached hydrogen (secondary N) is 2. The Morgan fingerprint density at radius 3 is 2.78 bits per heavy atom. The predicted molar refractivity (Wildman–Crippen MR) is 71.6 cm³/mol. The van der Waals surface area contributed by atoms with Gasteiger partial charge in [-0.05, 0) is 18.2 Å². The number of hydrogen-bond acceptors (Lipinski definition) is 3. The van der Waals surface area contributed by atoms with Crippen LogP contribution in [0.4, 0.5) is 5.69 Å². The van der Waals surface area contributed by atoms with Crippen LogP contribution in [-0.2, 0) is 10.2 Å². The highest BCUT2D eigenvalue weighted by molar-refractivity contribution is 7.90. The van der Waals surface area contributed by atoms with Crippen molar-refractivity contribution in [3.8, 4) is 11.8 Å². The van der Waals surface area contributed by atoms with Crippen molar-refractivity contribution < 1.29 is 13.5 Å². The predicted octanol–water partition coefficient (Wildman–Crippen LogP) is 0.950. The smallest absolute Gasteiger partial charge is 0.299 e. The Balaban J connectivity index is 3.09. The lowest BCUT2D eigenvalue weighted by Gasteiger charge is -2.10. The zero-order chi connectivity index (χ0) is 13.6. The van der Waals surface area contributed by atoms with Gasteiger partial charge in [0.05, 0.1) is 11.3 Å². The van der Waals surface area contributed by atoms with Crippen LogP contribution in [0.3, 0.4) is 0 Å². The Morgan fingerprint density at radius 1 is 1.44 bits per heavy atom. The van der Waals surface area contributed by atoms with Crippen LogP contribution in [0.1, 0.15) is 12.5 Å². The molecule has 98 valence electrons. The second-order valence-corrected chi connectivity index (χ2v) is 5.19. The number of rotatable bonds is 4. The maximum atomic E-state index is 11.6. The summed E-state index contributed by atoms with van der Waals surface area (Å²) in [5, 5.41) is 9.08. The van der Waals surface area contributed by atoms with E-state index in [9.17, 15) is 8.42 Å². The zero-order valence-corrected chi connectivity index (χ0v) is 11.3. The fraction of sp³-hybridized carbons (Fsp3) is 0.273. The highest BCUT2D eigenvalue weighted by Crippen LogP contribution is 2.20. The highest BCUT2D eigenvalue weighted by Gasteiger charge is 2.10. The van der Waals surface area contributed by atoms with Gasteiger partial charge in [-0.1, -0.05) is 30.4 Å². The standard InChI is InChI=1S/C11H13ClN2O3S/c1-2-13-18(16,17)14-11-6-5-10(12)8-9(11)4-3-7-15/h5-6,8,13-15H,2,7H2,1H3. The largest absolute Gasteiger partial charge is 0.384 e. The second-order valence-electron chi connectivity index (χ2n) is 3.25. The van der Waals surface area contributed by atoms with E-state index in [1.165, 1.54) is 12.1 Å². The molecule has 0 fully saturated rings. The normalized spacial score (nSPS) is 10.6. The van der Waals surface area contributed by atoms with E-state index in [4.69, 9.17) is 16.7 Å². The van der Waals surface area contributed by atoms with Crippen molar-refractivity contribution in [1.82, 2.24) is 4.72 Å². The average Bonchev–Trinajstić information content (AvgIpc) is 2.29. The number of aliphatic hydroxyl groups is 1. The van der Waals surface area contributed by atoms with Gasteiger partial charge in [-0.15, -0.1) is 0 Å². The van der Waals surface area contributed by atoms with Crippen LogP contribution < -0.4 is 9.44 Å². The quantitative estimate of drug-likeness (QED) is 0.722. The molecule has 0 bridgehead atoms. The molecule has 7 heteroatoms. The van der Waals surface area contributed by atoms with Crippen molar-refractivity contribution in [2.75, 3.05) is 17.9 Å².